The maximum absolute atomic E-state index is 12.0. The Morgan fingerprint density at radius 1 is 1.30 bits per heavy atom. The van der Waals surface area contributed by atoms with Crippen LogP contribution in [-0.4, -0.2) is 28.6 Å². The first kappa shape index (κ1) is 14.5. The molecule has 1 atom stereocenters. The summed E-state index contributed by atoms with van der Waals surface area (Å²) in [5, 5.41) is 13.4. The minimum atomic E-state index is -0.524. The molecule has 0 radical (unpaired) electrons. The van der Waals surface area contributed by atoms with Crippen LogP contribution in [0.2, 0.25) is 0 Å². The summed E-state index contributed by atoms with van der Waals surface area (Å²) in [5.74, 6) is -0.0498. The minimum absolute atomic E-state index is 0.124. The number of carbonyl (C=O) groups is 1. The SMILES string of the molecule is Cc1ccc2cc(C(=O)NCC(O)C(C)C)ccc2n1. The fourth-order valence-electron chi connectivity index (χ4n) is 1.90. The molecular weight excluding hydrogens is 252 g/mol. The van der Waals surface area contributed by atoms with Crippen molar-refractivity contribution in [3.63, 3.8) is 0 Å². The molecule has 1 heterocycles. The average molecular weight is 272 g/mol. The van der Waals surface area contributed by atoms with E-state index in [0.29, 0.717) is 5.56 Å². The summed E-state index contributed by atoms with van der Waals surface area (Å²) in [6.07, 6.45) is -0.524. The number of nitrogens with one attached hydrogen (secondary N) is 1. The standard InChI is InChI=1S/C16H20N2O2/c1-10(2)15(19)9-17-16(20)13-6-7-14-12(8-13)5-4-11(3)18-14/h4-8,10,15,19H,9H2,1-3H3,(H,17,20). The number of aryl methyl sites for hydroxylation is 1. The summed E-state index contributed by atoms with van der Waals surface area (Å²) in [6, 6.07) is 9.30. The molecule has 1 aromatic heterocycles. The zero-order valence-corrected chi connectivity index (χ0v) is 12.1. The average Bonchev–Trinajstić information content (AvgIpc) is 2.43. The molecule has 2 rings (SSSR count). The molecule has 0 aliphatic rings. The van der Waals surface area contributed by atoms with Crippen LogP contribution in [0.4, 0.5) is 0 Å². The Labute approximate surface area is 118 Å². The molecule has 0 saturated heterocycles. The van der Waals surface area contributed by atoms with Gasteiger partial charge in [0.15, 0.2) is 0 Å². The lowest BCUT2D eigenvalue weighted by Crippen LogP contribution is -2.34. The molecule has 2 aromatic rings. The van der Waals surface area contributed by atoms with Gasteiger partial charge in [0, 0.05) is 23.2 Å². The lowest BCUT2D eigenvalue weighted by molar-refractivity contribution is 0.0871. The van der Waals surface area contributed by atoms with Crippen molar-refractivity contribution >= 4 is 16.8 Å². The van der Waals surface area contributed by atoms with Gasteiger partial charge in [-0.2, -0.15) is 0 Å². The molecule has 1 amide bonds. The van der Waals surface area contributed by atoms with Crippen LogP contribution in [0.25, 0.3) is 10.9 Å². The van der Waals surface area contributed by atoms with Crippen LogP contribution in [0.5, 0.6) is 0 Å². The highest BCUT2D eigenvalue weighted by Gasteiger charge is 2.12. The van der Waals surface area contributed by atoms with Gasteiger partial charge in [0.05, 0.1) is 11.6 Å². The third-order valence-corrected chi connectivity index (χ3v) is 3.33. The summed E-state index contributed by atoms with van der Waals surface area (Å²) >= 11 is 0. The first-order chi connectivity index (χ1) is 9.47. The fraction of sp³-hybridized carbons (Fsp3) is 0.375. The number of carbonyl (C=O) groups excluding carboxylic acids is 1. The predicted molar refractivity (Wildman–Crippen MR) is 79.7 cm³/mol. The summed E-state index contributed by atoms with van der Waals surface area (Å²) in [5.41, 5.74) is 2.41. The number of hydrogen-bond acceptors (Lipinski definition) is 3. The monoisotopic (exact) mass is 272 g/mol. The first-order valence-corrected chi connectivity index (χ1v) is 6.81. The van der Waals surface area contributed by atoms with Gasteiger partial charge in [0.2, 0.25) is 0 Å². The lowest BCUT2D eigenvalue weighted by atomic mass is 10.1. The molecule has 20 heavy (non-hydrogen) atoms. The highest BCUT2D eigenvalue weighted by Crippen LogP contribution is 2.14. The molecule has 0 fully saturated rings. The summed E-state index contributed by atoms with van der Waals surface area (Å²) in [7, 11) is 0. The fourth-order valence-corrected chi connectivity index (χ4v) is 1.90. The molecule has 4 heteroatoms. The third kappa shape index (κ3) is 3.33. The van der Waals surface area contributed by atoms with E-state index >= 15 is 0 Å². The van der Waals surface area contributed by atoms with Gasteiger partial charge >= 0.3 is 0 Å². The van der Waals surface area contributed by atoms with Crippen LogP contribution in [0, 0.1) is 12.8 Å². The Morgan fingerprint density at radius 3 is 2.75 bits per heavy atom. The second-order valence-corrected chi connectivity index (χ2v) is 5.38. The van der Waals surface area contributed by atoms with Crippen molar-refractivity contribution in [1.29, 1.82) is 0 Å². The molecule has 0 aliphatic carbocycles. The maximum atomic E-state index is 12.0. The zero-order chi connectivity index (χ0) is 14.7. The van der Waals surface area contributed by atoms with Crippen molar-refractivity contribution < 1.29 is 9.90 Å². The molecule has 4 nitrogen and oxygen atoms in total. The van der Waals surface area contributed by atoms with Crippen LogP contribution in [-0.2, 0) is 0 Å². The van der Waals surface area contributed by atoms with E-state index in [0.717, 1.165) is 16.6 Å². The van der Waals surface area contributed by atoms with E-state index in [2.05, 4.69) is 10.3 Å². The summed E-state index contributed by atoms with van der Waals surface area (Å²) < 4.78 is 0. The number of benzene rings is 1. The molecule has 0 saturated carbocycles. The Hall–Kier alpha value is -1.94. The lowest BCUT2D eigenvalue weighted by Gasteiger charge is -2.15. The Bertz CT molecular complexity index is 623. The third-order valence-electron chi connectivity index (χ3n) is 3.33. The molecule has 2 N–H and O–H groups in total. The molecule has 0 aliphatic heterocycles. The van der Waals surface area contributed by atoms with E-state index in [9.17, 15) is 9.90 Å². The summed E-state index contributed by atoms with van der Waals surface area (Å²) in [4.78, 5) is 16.4. The largest absolute Gasteiger partial charge is 0.391 e. The number of rotatable bonds is 4. The van der Waals surface area contributed by atoms with Gasteiger partial charge in [0.1, 0.15) is 0 Å². The van der Waals surface area contributed by atoms with Crippen molar-refractivity contribution in [3.05, 3.63) is 41.6 Å². The molecule has 0 spiro atoms. The Balaban J connectivity index is 2.12. The van der Waals surface area contributed by atoms with Crippen LogP contribution in [0.3, 0.4) is 0 Å². The maximum Gasteiger partial charge on any atom is 0.251 e. The van der Waals surface area contributed by atoms with Crippen molar-refractivity contribution in [2.45, 2.75) is 26.9 Å². The van der Waals surface area contributed by atoms with Gasteiger partial charge in [-0.25, -0.2) is 0 Å². The normalized spacial score (nSPS) is 12.7. The van der Waals surface area contributed by atoms with Gasteiger partial charge in [-0.15, -0.1) is 0 Å². The molecular formula is C16H20N2O2. The van der Waals surface area contributed by atoms with Crippen LogP contribution < -0.4 is 5.32 Å². The highest BCUT2D eigenvalue weighted by molar-refractivity contribution is 5.97. The van der Waals surface area contributed by atoms with Crippen molar-refractivity contribution in [3.8, 4) is 0 Å². The smallest absolute Gasteiger partial charge is 0.251 e. The second kappa shape index (κ2) is 6.01. The molecule has 0 bridgehead atoms. The van der Waals surface area contributed by atoms with Gasteiger partial charge in [-0.05, 0) is 37.1 Å². The quantitative estimate of drug-likeness (QED) is 0.897. The van der Waals surface area contributed by atoms with Crippen molar-refractivity contribution in [2.75, 3.05) is 6.54 Å². The second-order valence-electron chi connectivity index (χ2n) is 5.38. The van der Waals surface area contributed by atoms with E-state index in [1.54, 1.807) is 6.07 Å². The van der Waals surface area contributed by atoms with E-state index in [4.69, 9.17) is 0 Å². The number of amides is 1. The number of fused-ring (bicyclic) bond motifs is 1. The van der Waals surface area contributed by atoms with Gasteiger partial charge in [-0.3, -0.25) is 9.78 Å². The number of hydrogen-bond donors (Lipinski definition) is 2. The molecule has 106 valence electrons. The number of aliphatic hydroxyl groups excluding tert-OH is 1. The number of aromatic nitrogens is 1. The first-order valence-electron chi connectivity index (χ1n) is 6.81. The number of aliphatic hydroxyl groups is 1. The van der Waals surface area contributed by atoms with Crippen LogP contribution in [0.15, 0.2) is 30.3 Å². The Morgan fingerprint density at radius 2 is 2.05 bits per heavy atom. The predicted octanol–water partition coefficient (Wildman–Crippen LogP) is 2.29. The number of nitrogens with zero attached hydrogens (tertiary/aromatic N) is 1. The summed E-state index contributed by atoms with van der Waals surface area (Å²) in [6.45, 7) is 6.04. The van der Waals surface area contributed by atoms with Gasteiger partial charge < -0.3 is 10.4 Å². The molecule has 1 aromatic carbocycles. The van der Waals surface area contributed by atoms with Crippen molar-refractivity contribution in [2.24, 2.45) is 5.92 Å². The number of pyridine rings is 1. The molecule has 1 unspecified atom stereocenters. The van der Waals surface area contributed by atoms with Crippen molar-refractivity contribution in [1.82, 2.24) is 10.3 Å². The van der Waals surface area contributed by atoms with Crippen LogP contribution in [0.1, 0.15) is 29.9 Å². The van der Waals surface area contributed by atoms with Gasteiger partial charge in [0.25, 0.3) is 5.91 Å². The van der Waals surface area contributed by atoms with E-state index in [1.165, 1.54) is 0 Å². The minimum Gasteiger partial charge on any atom is -0.391 e. The van der Waals surface area contributed by atoms with Gasteiger partial charge in [-0.1, -0.05) is 19.9 Å². The van der Waals surface area contributed by atoms with Crippen LogP contribution >= 0.6 is 0 Å². The van der Waals surface area contributed by atoms with E-state index < -0.39 is 6.10 Å². The topological polar surface area (TPSA) is 62.2 Å². The highest BCUT2D eigenvalue weighted by atomic mass is 16.3. The zero-order valence-electron chi connectivity index (χ0n) is 12.1. The van der Waals surface area contributed by atoms with E-state index in [1.807, 2.05) is 45.0 Å². The Kier molecular flexibility index (Phi) is 4.35. The van der Waals surface area contributed by atoms with E-state index in [-0.39, 0.29) is 18.4 Å².